The van der Waals surface area contributed by atoms with E-state index in [1.807, 2.05) is 48.3 Å². The number of aliphatic imine (C=N–C) groups is 1. The second-order valence-corrected chi connectivity index (χ2v) is 4.48. The van der Waals surface area contributed by atoms with Crippen LogP contribution in [0.1, 0.15) is 5.56 Å². The lowest BCUT2D eigenvalue weighted by Gasteiger charge is -2.17. The number of aromatic hydroxyl groups is 1. The van der Waals surface area contributed by atoms with Gasteiger partial charge in [0.1, 0.15) is 5.75 Å². The van der Waals surface area contributed by atoms with E-state index in [1.54, 1.807) is 18.3 Å². The molecule has 0 atom stereocenters. The molecule has 2 N–H and O–H groups in total. The highest BCUT2D eigenvalue weighted by Gasteiger charge is 1.99. The van der Waals surface area contributed by atoms with Crippen LogP contribution in [0, 0.1) is 0 Å². The maximum absolute atomic E-state index is 9.64. The largest absolute Gasteiger partial charge is 0.507 e. The molecule has 0 unspecified atom stereocenters. The van der Waals surface area contributed by atoms with Gasteiger partial charge in [-0.2, -0.15) is 0 Å². The fraction of sp³-hybridized carbons (Fsp3) is 0.188. The molecule has 0 fully saturated rings. The summed E-state index contributed by atoms with van der Waals surface area (Å²) in [5.74, 6) is 0.218. The molecular formula is C16H18N2O2. The van der Waals surface area contributed by atoms with E-state index in [1.165, 1.54) is 0 Å². The van der Waals surface area contributed by atoms with Crippen LogP contribution in [0.25, 0.3) is 0 Å². The number of anilines is 1. The van der Waals surface area contributed by atoms with E-state index < -0.39 is 0 Å². The van der Waals surface area contributed by atoms with E-state index in [9.17, 15) is 5.11 Å². The third kappa shape index (κ3) is 3.59. The highest BCUT2D eigenvalue weighted by molar-refractivity contribution is 5.85. The first-order valence-electron chi connectivity index (χ1n) is 6.45. The molecule has 0 aliphatic heterocycles. The van der Waals surface area contributed by atoms with Crippen molar-refractivity contribution in [1.29, 1.82) is 0 Å². The van der Waals surface area contributed by atoms with Gasteiger partial charge < -0.3 is 15.1 Å². The third-order valence-corrected chi connectivity index (χ3v) is 3.02. The summed E-state index contributed by atoms with van der Waals surface area (Å²) in [5.41, 5.74) is 2.53. The van der Waals surface area contributed by atoms with Crippen molar-refractivity contribution in [2.24, 2.45) is 4.99 Å². The molecule has 4 heteroatoms. The van der Waals surface area contributed by atoms with Crippen molar-refractivity contribution in [3.8, 4) is 5.75 Å². The number of likely N-dealkylation sites (N-methyl/N-ethyl adjacent to an activating group) is 1. The van der Waals surface area contributed by atoms with Gasteiger partial charge in [-0.15, -0.1) is 0 Å². The molecule has 2 rings (SSSR count). The first kappa shape index (κ1) is 14.1. The van der Waals surface area contributed by atoms with Gasteiger partial charge in [0.2, 0.25) is 0 Å². The zero-order chi connectivity index (χ0) is 14.4. The van der Waals surface area contributed by atoms with Crippen LogP contribution in [0.15, 0.2) is 53.5 Å². The zero-order valence-electron chi connectivity index (χ0n) is 11.4. The monoisotopic (exact) mass is 270 g/mol. The van der Waals surface area contributed by atoms with Crippen molar-refractivity contribution in [1.82, 2.24) is 0 Å². The highest BCUT2D eigenvalue weighted by Crippen LogP contribution is 2.20. The molecule has 104 valence electrons. The lowest BCUT2D eigenvalue weighted by Crippen LogP contribution is -2.20. The Balaban J connectivity index is 2.09. The van der Waals surface area contributed by atoms with Crippen LogP contribution in [-0.2, 0) is 0 Å². The molecule has 0 aromatic heterocycles. The summed E-state index contributed by atoms with van der Waals surface area (Å²) in [6.45, 7) is 0.726. The van der Waals surface area contributed by atoms with Gasteiger partial charge in [-0.25, -0.2) is 0 Å². The smallest absolute Gasteiger partial charge is 0.124 e. The minimum absolute atomic E-state index is 0.129. The summed E-state index contributed by atoms with van der Waals surface area (Å²) >= 11 is 0. The van der Waals surface area contributed by atoms with Crippen LogP contribution >= 0.6 is 0 Å². The highest BCUT2D eigenvalue weighted by atomic mass is 16.3. The summed E-state index contributed by atoms with van der Waals surface area (Å²) in [7, 11) is 1.93. The topological polar surface area (TPSA) is 56.1 Å². The van der Waals surface area contributed by atoms with Crippen LogP contribution in [0.2, 0.25) is 0 Å². The van der Waals surface area contributed by atoms with Crippen LogP contribution in [0.5, 0.6) is 5.75 Å². The number of rotatable bonds is 5. The predicted octanol–water partition coefficient (Wildman–Crippen LogP) is 2.57. The Morgan fingerprint density at radius 1 is 1.10 bits per heavy atom. The van der Waals surface area contributed by atoms with E-state index in [-0.39, 0.29) is 12.4 Å². The van der Waals surface area contributed by atoms with Crippen molar-refractivity contribution in [3.63, 3.8) is 0 Å². The van der Waals surface area contributed by atoms with E-state index in [0.717, 1.165) is 11.4 Å². The molecular weight excluding hydrogens is 252 g/mol. The van der Waals surface area contributed by atoms with Gasteiger partial charge in [-0.1, -0.05) is 12.1 Å². The van der Waals surface area contributed by atoms with Gasteiger partial charge in [-0.05, 0) is 36.4 Å². The lowest BCUT2D eigenvalue weighted by molar-refractivity contribution is 0.304. The summed E-state index contributed by atoms with van der Waals surface area (Å²) in [5, 5.41) is 18.5. The standard InChI is InChI=1S/C16H18N2O2/c1-18(10-11-19)15-8-6-14(7-9-15)17-12-13-4-2-3-5-16(13)20/h2-9,12,19-20H,10-11H2,1H3. The third-order valence-electron chi connectivity index (χ3n) is 3.02. The molecule has 2 aromatic carbocycles. The first-order valence-corrected chi connectivity index (χ1v) is 6.45. The lowest BCUT2D eigenvalue weighted by atomic mass is 10.2. The Bertz CT molecular complexity index is 579. The van der Waals surface area contributed by atoms with Crippen molar-refractivity contribution in [3.05, 3.63) is 54.1 Å². The van der Waals surface area contributed by atoms with Crippen LogP contribution in [-0.4, -0.2) is 36.6 Å². The quantitative estimate of drug-likeness (QED) is 0.821. The van der Waals surface area contributed by atoms with Gasteiger partial charge in [0.25, 0.3) is 0 Å². The molecule has 4 nitrogen and oxygen atoms in total. The number of phenols is 1. The van der Waals surface area contributed by atoms with Gasteiger partial charge in [0, 0.05) is 31.1 Å². The minimum atomic E-state index is 0.129. The molecule has 0 spiro atoms. The number of benzene rings is 2. The van der Waals surface area contributed by atoms with E-state index in [2.05, 4.69) is 4.99 Å². The summed E-state index contributed by atoms with van der Waals surface area (Å²) in [6.07, 6.45) is 1.64. The fourth-order valence-corrected chi connectivity index (χ4v) is 1.81. The number of phenolic OH excluding ortho intramolecular Hbond substituents is 1. The Morgan fingerprint density at radius 3 is 2.45 bits per heavy atom. The van der Waals surface area contributed by atoms with Gasteiger partial charge in [0.05, 0.1) is 12.3 Å². The second kappa shape index (κ2) is 6.73. The maximum atomic E-state index is 9.64. The molecule has 0 bridgehead atoms. The number of aliphatic hydroxyl groups is 1. The fourth-order valence-electron chi connectivity index (χ4n) is 1.81. The minimum Gasteiger partial charge on any atom is -0.507 e. The van der Waals surface area contributed by atoms with E-state index >= 15 is 0 Å². The summed E-state index contributed by atoms with van der Waals surface area (Å²) in [6, 6.07) is 14.8. The van der Waals surface area contributed by atoms with Gasteiger partial charge in [-0.3, -0.25) is 4.99 Å². The molecule has 2 aromatic rings. The van der Waals surface area contributed by atoms with Crippen molar-refractivity contribution < 1.29 is 10.2 Å². The van der Waals surface area contributed by atoms with Gasteiger partial charge >= 0.3 is 0 Å². The Labute approximate surface area is 118 Å². The predicted molar refractivity (Wildman–Crippen MR) is 82.2 cm³/mol. The van der Waals surface area contributed by atoms with Gasteiger partial charge in [0.15, 0.2) is 0 Å². The molecule has 0 saturated heterocycles. The normalized spacial score (nSPS) is 10.9. The van der Waals surface area contributed by atoms with Crippen molar-refractivity contribution in [2.45, 2.75) is 0 Å². The zero-order valence-corrected chi connectivity index (χ0v) is 11.4. The molecule has 0 aliphatic rings. The number of hydrogen-bond donors (Lipinski definition) is 2. The van der Waals surface area contributed by atoms with E-state index in [0.29, 0.717) is 12.1 Å². The Morgan fingerprint density at radius 2 is 1.80 bits per heavy atom. The van der Waals surface area contributed by atoms with Crippen molar-refractivity contribution in [2.75, 3.05) is 25.1 Å². The van der Waals surface area contributed by atoms with Crippen LogP contribution < -0.4 is 4.90 Å². The SMILES string of the molecule is CN(CCO)c1ccc(N=Cc2ccccc2O)cc1. The van der Waals surface area contributed by atoms with Crippen LogP contribution in [0.3, 0.4) is 0 Å². The molecule has 0 saturated carbocycles. The van der Waals surface area contributed by atoms with E-state index in [4.69, 9.17) is 5.11 Å². The number of para-hydroxylation sites is 1. The Hall–Kier alpha value is -2.33. The molecule has 0 aliphatic carbocycles. The average molecular weight is 270 g/mol. The van der Waals surface area contributed by atoms with Crippen LogP contribution in [0.4, 0.5) is 11.4 Å². The van der Waals surface area contributed by atoms with Crippen molar-refractivity contribution >= 4 is 17.6 Å². The number of aliphatic hydroxyl groups excluding tert-OH is 1. The molecule has 20 heavy (non-hydrogen) atoms. The summed E-state index contributed by atoms with van der Waals surface area (Å²) < 4.78 is 0. The summed E-state index contributed by atoms with van der Waals surface area (Å²) in [4.78, 5) is 6.30. The number of nitrogens with zero attached hydrogens (tertiary/aromatic N) is 2. The molecule has 0 amide bonds. The second-order valence-electron chi connectivity index (χ2n) is 4.48. The first-order chi connectivity index (χ1) is 9.70. The molecule has 0 radical (unpaired) electrons. The molecule has 0 heterocycles. The average Bonchev–Trinajstić information content (AvgIpc) is 2.47. The number of hydrogen-bond acceptors (Lipinski definition) is 4. The maximum Gasteiger partial charge on any atom is 0.124 e. The Kier molecular flexibility index (Phi) is 4.74.